The maximum absolute atomic E-state index is 11.5. The first kappa shape index (κ1) is 13.8. The summed E-state index contributed by atoms with van der Waals surface area (Å²) in [5.74, 6) is -0.433. The Morgan fingerprint density at radius 1 is 1.50 bits per heavy atom. The maximum Gasteiger partial charge on any atom is 0.324 e. The van der Waals surface area contributed by atoms with Gasteiger partial charge in [0.25, 0.3) is 0 Å². The van der Waals surface area contributed by atoms with Crippen LogP contribution in [0.25, 0.3) is 0 Å². The summed E-state index contributed by atoms with van der Waals surface area (Å²) >= 11 is 0. The lowest BCUT2D eigenvalue weighted by Crippen LogP contribution is -2.53. The second-order valence-electron chi connectivity index (χ2n) is 5.36. The molecule has 0 bridgehead atoms. The summed E-state index contributed by atoms with van der Waals surface area (Å²) in [7, 11) is 1.78. The van der Waals surface area contributed by atoms with Crippen LogP contribution in [0.15, 0.2) is 0 Å². The van der Waals surface area contributed by atoms with Crippen molar-refractivity contribution >= 4 is 5.97 Å². The standard InChI is InChI=1S/C13H24N2O3/c1-14-13(12(16)17)5-2-3-11(13)4-6-15-7-9-18-10-8-15/h11,14H,2-10H2,1H3,(H,16,17). The lowest BCUT2D eigenvalue weighted by Gasteiger charge is -2.33. The SMILES string of the molecule is CNC1(C(=O)O)CCCC1CCN1CCOCC1. The molecule has 0 radical (unpaired) electrons. The van der Waals surface area contributed by atoms with Gasteiger partial charge in [-0.15, -0.1) is 0 Å². The van der Waals surface area contributed by atoms with Crippen LogP contribution in [0.5, 0.6) is 0 Å². The molecule has 5 heteroatoms. The van der Waals surface area contributed by atoms with E-state index in [-0.39, 0.29) is 5.92 Å². The van der Waals surface area contributed by atoms with Crippen molar-refractivity contribution in [2.24, 2.45) is 5.92 Å². The second-order valence-corrected chi connectivity index (χ2v) is 5.36. The molecule has 0 aromatic heterocycles. The predicted molar refractivity (Wildman–Crippen MR) is 68.6 cm³/mol. The fourth-order valence-corrected chi connectivity index (χ4v) is 3.35. The number of aliphatic carboxylic acids is 1. The van der Waals surface area contributed by atoms with E-state index in [0.717, 1.165) is 58.5 Å². The molecule has 1 aliphatic heterocycles. The van der Waals surface area contributed by atoms with Gasteiger partial charge in [0.2, 0.25) is 0 Å². The molecule has 0 aromatic carbocycles. The first-order chi connectivity index (χ1) is 8.69. The van der Waals surface area contributed by atoms with E-state index in [0.29, 0.717) is 0 Å². The zero-order valence-electron chi connectivity index (χ0n) is 11.2. The number of rotatable bonds is 5. The normalized spacial score (nSPS) is 33.7. The highest BCUT2D eigenvalue weighted by atomic mass is 16.5. The summed E-state index contributed by atoms with van der Waals surface area (Å²) in [6, 6.07) is 0. The molecular weight excluding hydrogens is 232 g/mol. The lowest BCUT2D eigenvalue weighted by molar-refractivity contribution is -0.146. The van der Waals surface area contributed by atoms with Crippen LogP contribution < -0.4 is 5.32 Å². The number of nitrogens with zero attached hydrogens (tertiary/aromatic N) is 1. The first-order valence-corrected chi connectivity index (χ1v) is 6.91. The lowest BCUT2D eigenvalue weighted by atomic mass is 9.84. The Balaban J connectivity index is 1.89. The van der Waals surface area contributed by atoms with Gasteiger partial charge in [0.15, 0.2) is 0 Å². The summed E-state index contributed by atoms with van der Waals surface area (Å²) in [5.41, 5.74) is -0.688. The minimum Gasteiger partial charge on any atom is -0.480 e. The average Bonchev–Trinajstić information content (AvgIpc) is 2.81. The molecule has 1 heterocycles. The Kier molecular flexibility index (Phi) is 4.59. The van der Waals surface area contributed by atoms with Gasteiger partial charge in [-0.2, -0.15) is 0 Å². The molecule has 2 N–H and O–H groups in total. The zero-order chi connectivity index (χ0) is 13.0. The summed E-state index contributed by atoms with van der Waals surface area (Å²) in [6.45, 7) is 4.56. The molecule has 5 nitrogen and oxygen atoms in total. The smallest absolute Gasteiger partial charge is 0.324 e. The van der Waals surface area contributed by atoms with Crippen LogP contribution in [0.3, 0.4) is 0 Å². The highest BCUT2D eigenvalue weighted by Gasteiger charge is 2.47. The minimum absolute atomic E-state index is 0.253. The third-order valence-electron chi connectivity index (χ3n) is 4.55. The zero-order valence-corrected chi connectivity index (χ0v) is 11.2. The highest BCUT2D eigenvalue weighted by Crippen LogP contribution is 2.38. The number of hydrogen-bond donors (Lipinski definition) is 2. The fourth-order valence-electron chi connectivity index (χ4n) is 3.35. The van der Waals surface area contributed by atoms with Crippen LogP contribution in [0.1, 0.15) is 25.7 Å². The van der Waals surface area contributed by atoms with Gasteiger partial charge in [-0.05, 0) is 38.8 Å². The van der Waals surface area contributed by atoms with E-state index >= 15 is 0 Å². The largest absolute Gasteiger partial charge is 0.480 e. The molecule has 2 atom stereocenters. The number of likely N-dealkylation sites (N-methyl/N-ethyl adjacent to an activating group) is 1. The predicted octanol–water partition coefficient (Wildman–Crippen LogP) is 0.552. The molecule has 0 aromatic rings. The number of hydrogen-bond acceptors (Lipinski definition) is 4. The third-order valence-corrected chi connectivity index (χ3v) is 4.55. The number of carbonyl (C=O) groups is 1. The van der Waals surface area contributed by atoms with Crippen LogP contribution in [0, 0.1) is 5.92 Å². The van der Waals surface area contributed by atoms with E-state index in [1.54, 1.807) is 7.05 Å². The molecule has 1 saturated heterocycles. The molecule has 104 valence electrons. The van der Waals surface area contributed by atoms with E-state index in [4.69, 9.17) is 4.74 Å². The van der Waals surface area contributed by atoms with Gasteiger partial charge in [-0.25, -0.2) is 0 Å². The molecule has 1 saturated carbocycles. The second kappa shape index (κ2) is 5.99. The molecule has 2 aliphatic rings. The monoisotopic (exact) mass is 256 g/mol. The topological polar surface area (TPSA) is 61.8 Å². The summed E-state index contributed by atoms with van der Waals surface area (Å²) in [4.78, 5) is 13.9. The van der Waals surface area contributed by atoms with Crippen LogP contribution in [-0.4, -0.2) is 61.4 Å². The Bertz CT molecular complexity index is 292. The van der Waals surface area contributed by atoms with Crippen molar-refractivity contribution < 1.29 is 14.6 Å². The van der Waals surface area contributed by atoms with Crippen molar-refractivity contribution in [1.82, 2.24) is 10.2 Å². The number of carboxylic acid groups (broad SMARTS) is 1. The summed E-state index contributed by atoms with van der Waals surface area (Å²) < 4.78 is 5.32. The van der Waals surface area contributed by atoms with Gasteiger partial charge >= 0.3 is 5.97 Å². The Labute approximate surface area is 108 Å². The highest BCUT2D eigenvalue weighted by molar-refractivity contribution is 5.79. The molecule has 0 amide bonds. The van der Waals surface area contributed by atoms with Gasteiger partial charge in [0.05, 0.1) is 13.2 Å². The molecule has 1 aliphatic carbocycles. The Morgan fingerprint density at radius 3 is 2.83 bits per heavy atom. The van der Waals surface area contributed by atoms with Crippen molar-refractivity contribution in [3.63, 3.8) is 0 Å². The van der Waals surface area contributed by atoms with Gasteiger partial charge in [-0.3, -0.25) is 9.69 Å². The molecule has 18 heavy (non-hydrogen) atoms. The molecule has 2 unspecified atom stereocenters. The first-order valence-electron chi connectivity index (χ1n) is 6.91. The van der Waals surface area contributed by atoms with Crippen molar-refractivity contribution in [2.45, 2.75) is 31.2 Å². The summed E-state index contributed by atoms with van der Waals surface area (Å²) in [5, 5.41) is 12.5. The van der Waals surface area contributed by atoms with Crippen molar-refractivity contribution in [3.8, 4) is 0 Å². The van der Waals surface area contributed by atoms with Crippen molar-refractivity contribution in [1.29, 1.82) is 0 Å². The van der Waals surface area contributed by atoms with E-state index < -0.39 is 11.5 Å². The molecular formula is C13H24N2O3. The van der Waals surface area contributed by atoms with E-state index in [9.17, 15) is 9.90 Å². The number of ether oxygens (including phenoxy) is 1. The van der Waals surface area contributed by atoms with E-state index in [1.807, 2.05) is 0 Å². The maximum atomic E-state index is 11.5. The van der Waals surface area contributed by atoms with Crippen molar-refractivity contribution in [3.05, 3.63) is 0 Å². The van der Waals surface area contributed by atoms with Gasteiger partial charge in [0.1, 0.15) is 5.54 Å². The van der Waals surface area contributed by atoms with E-state index in [1.165, 1.54) is 0 Å². The third kappa shape index (κ3) is 2.68. The average molecular weight is 256 g/mol. The van der Waals surface area contributed by atoms with Crippen molar-refractivity contribution in [2.75, 3.05) is 39.9 Å². The van der Waals surface area contributed by atoms with Gasteiger partial charge in [0, 0.05) is 13.1 Å². The number of nitrogens with one attached hydrogen (secondary N) is 1. The molecule has 2 fully saturated rings. The van der Waals surface area contributed by atoms with Crippen LogP contribution >= 0.6 is 0 Å². The minimum atomic E-state index is -0.688. The van der Waals surface area contributed by atoms with Crippen LogP contribution in [0.4, 0.5) is 0 Å². The molecule has 0 spiro atoms. The van der Waals surface area contributed by atoms with Gasteiger partial charge in [-0.1, -0.05) is 6.42 Å². The number of morpholine rings is 1. The number of carboxylic acids is 1. The van der Waals surface area contributed by atoms with Crippen LogP contribution in [-0.2, 0) is 9.53 Å². The van der Waals surface area contributed by atoms with Crippen LogP contribution in [0.2, 0.25) is 0 Å². The Morgan fingerprint density at radius 2 is 2.22 bits per heavy atom. The van der Waals surface area contributed by atoms with Gasteiger partial charge < -0.3 is 15.2 Å². The molecule has 2 rings (SSSR count). The van der Waals surface area contributed by atoms with E-state index in [2.05, 4.69) is 10.2 Å². The fraction of sp³-hybridized carbons (Fsp3) is 0.923. The summed E-state index contributed by atoms with van der Waals surface area (Å²) in [6.07, 6.45) is 3.76. The Hall–Kier alpha value is -0.650. The quantitative estimate of drug-likeness (QED) is 0.752.